The van der Waals surface area contributed by atoms with E-state index in [0.29, 0.717) is 28.6 Å². The SMILES string of the molecule is Cn1cc(-c2cc(Oc3ccc(N)nc3)ccn2)c(O)n1. The number of ether oxygens (including phenoxy) is 1. The minimum absolute atomic E-state index is 0.0729. The van der Waals surface area contributed by atoms with Gasteiger partial charge >= 0.3 is 0 Å². The molecule has 0 aliphatic heterocycles. The number of anilines is 1. The molecule has 0 saturated heterocycles. The predicted octanol–water partition coefficient (Wildman–Crippen LogP) is 1.96. The van der Waals surface area contributed by atoms with Gasteiger partial charge in [-0.3, -0.25) is 9.67 Å². The van der Waals surface area contributed by atoms with Crippen LogP contribution < -0.4 is 10.5 Å². The number of aromatic nitrogens is 4. The molecule has 0 saturated carbocycles. The lowest BCUT2D eigenvalue weighted by Crippen LogP contribution is -1.91. The Morgan fingerprint density at radius 1 is 1.19 bits per heavy atom. The fraction of sp³-hybridized carbons (Fsp3) is 0.0714. The normalized spacial score (nSPS) is 10.5. The van der Waals surface area contributed by atoms with Gasteiger partial charge in [0.2, 0.25) is 5.88 Å². The molecule has 0 aliphatic rings. The Bertz CT molecular complexity index is 767. The zero-order valence-corrected chi connectivity index (χ0v) is 11.3. The summed E-state index contributed by atoms with van der Waals surface area (Å²) in [7, 11) is 1.73. The zero-order chi connectivity index (χ0) is 14.8. The van der Waals surface area contributed by atoms with Crippen molar-refractivity contribution in [1.29, 1.82) is 0 Å². The number of pyridine rings is 2. The maximum Gasteiger partial charge on any atom is 0.239 e. The second-order valence-corrected chi connectivity index (χ2v) is 4.44. The quantitative estimate of drug-likeness (QED) is 0.762. The van der Waals surface area contributed by atoms with E-state index in [1.807, 2.05) is 0 Å². The fourth-order valence-corrected chi connectivity index (χ4v) is 1.87. The molecule has 0 aromatic carbocycles. The van der Waals surface area contributed by atoms with Gasteiger partial charge in [-0.1, -0.05) is 0 Å². The summed E-state index contributed by atoms with van der Waals surface area (Å²) in [5.74, 6) is 1.50. The van der Waals surface area contributed by atoms with Crippen molar-refractivity contribution in [3.8, 4) is 28.6 Å². The maximum absolute atomic E-state index is 9.76. The average molecular weight is 283 g/mol. The highest BCUT2D eigenvalue weighted by Gasteiger charge is 2.11. The van der Waals surface area contributed by atoms with Crippen LogP contribution >= 0.6 is 0 Å². The van der Waals surface area contributed by atoms with Crippen molar-refractivity contribution in [3.05, 3.63) is 42.9 Å². The summed E-state index contributed by atoms with van der Waals surface area (Å²) < 4.78 is 7.19. The first-order valence-corrected chi connectivity index (χ1v) is 6.20. The smallest absolute Gasteiger partial charge is 0.239 e. The Hall–Kier alpha value is -3.09. The van der Waals surface area contributed by atoms with E-state index in [1.54, 1.807) is 43.7 Å². The molecule has 0 atom stereocenters. The van der Waals surface area contributed by atoms with Crippen molar-refractivity contribution >= 4 is 5.82 Å². The second kappa shape index (κ2) is 5.12. The maximum atomic E-state index is 9.76. The van der Waals surface area contributed by atoms with E-state index >= 15 is 0 Å². The Balaban J connectivity index is 1.89. The summed E-state index contributed by atoms with van der Waals surface area (Å²) in [4.78, 5) is 8.17. The highest BCUT2D eigenvalue weighted by molar-refractivity contribution is 5.65. The van der Waals surface area contributed by atoms with E-state index in [4.69, 9.17) is 10.5 Å². The van der Waals surface area contributed by atoms with Gasteiger partial charge in [0, 0.05) is 25.5 Å². The number of nitrogens with two attached hydrogens (primary N) is 1. The van der Waals surface area contributed by atoms with Crippen molar-refractivity contribution in [1.82, 2.24) is 19.7 Å². The largest absolute Gasteiger partial charge is 0.492 e. The van der Waals surface area contributed by atoms with E-state index in [0.717, 1.165) is 0 Å². The second-order valence-electron chi connectivity index (χ2n) is 4.44. The van der Waals surface area contributed by atoms with Gasteiger partial charge in [0.05, 0.1) is 17.5 Å². The summed E-state index contributed by atoms with van der Waals surface area (Å²) in [5.41, 5.74) is 6.64. The van der Waals surface area contributed by atoms with Crippen LogP contribution in [0.2, 0.25) is 0 Å². The van der Waals surface area contributed by atoms with Crippen molar-refractivity contribution in [2.75, 3.05) is 5.73 Å². The van der Waals surface area contributed by atoms with Crippen molar-refractivity contribution in [2.24, 2.45) is 7.05 Å². The van der Waals surface area contributed by atoms with Crippen LogP contribution in [0.15, 0.2) is 42.9 Å². The number of rotatable bonds is 3. The van der Waals surface area contributed by atoms with Crippen LogP contribution in [0, 0.1) is 0 Å². The summed E-state index contributed by atoms with van der Waals surface area (Å²) in [5, 5.41) is 13.6. The van der Waals surface area contributed by atoms with Gasteiger partial charge in [-0.15, -0.1) is 5.10 Å². The van der Waals surface area contributed by atoms with E-state index < -0.39 is 0 Å². The minimum Gasteiger partial charge on any atom is -0.492 e. The Kier molecular flexibility index (Phi) is 3.15. The molecular formula is C14H13N5O2. The lowest BCUT2D eigenvalue weighted by Gasteiger charge is -2.06. The van der Waals surface area contributed by atoms with E-state index in [1.165, 1.54) is 10.9 Å². The average Bonchev–Trinajstić information content (AvgIpc) is 2.81. The van der Waals surface area contributed by atoms with E-state index in [9.17, 15) is 5.11 Å². The molecule has 106 valence electrons. The first kappa shape index (κ1) is 12.9. The third kappa shape index (κ3) is 2.76. The predicted molar refractivity (Wildman–Crippen MR) is 76.8 cm³/mol. The number of nitrogens with zero attached hydrogens (tertiary/aromatic N) is 4. The molecule has 7 nitrogen and oxygen atoms in total. The molecule has 0 aliphatic carbocycles. The van der Waals surface area contributed by atoms with Gasteiger partial charge in [0.25, 0.3) is 0 Å². The fourth-order valence-electron chi connectivity index (χ4n) is 1.87. The molecule has 3 aromatic rings. The first-order chi connectivity index (χ1) is 10.1. The number of aryl methyl sites for hydroxylation is 1. The summed E-state index contributed by atoms with van der Waals surface area (Å²) in [6, 6.07) is 6.81. The molecule has 3 rings (SSSR count). The van der Waals surface area contributed by atoms with Gasteiger partial charge in [0.15, 0.2) is 0 Å². The molecular weight excluding hydrogens is 270 g/mol. The van der Waals surface area contributed by atoms with Gasteiger partial charge in [0.1, 0.15) is 17.3 Å². The van der Waals surface area contributed by atoms with Crippen LogP contribution in [0.3, 0.4) is 0 Å². The standard InChI is InChI=1S/C14H13N5O2/c1-19-8-11(14(20)18-19)12-6-9(4-5-16-12)21-10-2-3-13(15)17-7-10/h2-8H,1H3,(H2,15,17)(H,18,20). The third-order valence-corrected chi connectivity index (χ3v) is 2.81. The van der Waals surface area contributed by atoms with E-state index in [2.05, 4.69) is 15.1 Å². The van der Waals surface area contributed by atoms with Gasteiger partial charge in [-0.25, -0.2) is 4.98 Å². The molecule has 3 aromatic heterocycles. The molecule has 0 fully saturated rings. The van der Waals surface area contributed by atoms with E-state index in [-0.39, 0.29) is 5.88 Å². The lowest BCUT2D eigenvalue weighted by atomic mass is 10.2. The summed E-state index contributed by atoms with van der Waals surface area (Å²) in [6.07, 6.45) is 4.82. The molecule has 7 heteroatoms. The Morgan fingerprint density at radius 2 is 2.05 bits per heavy atom. The number of hydrogen-bond acceptors (Lipinski definition) is 6. The van der Waals surface area contributed by atoms with Crippen LogP contribution in [0.4, 0.5) is 5.82 Å². The Labute approximate surface area is 120 Å². The van der Waals surface area contributed by atoms with Crippen LogP contribution in [0.1, 0.15) is 0 Å². The molecule has 0 bridgehead atoms. The third-order valence-electron chi connectivity index (χ3n) is 2.81. The monoisotopic (exact) mass is 283 g/mol. The van der Waals surface area contributed by atoms with Gasteiger partial charge in [-0.05, 0) is 18.2 Å². The van der Waals surface area contributed by atoms with Crippen molar-refractivity contribution < 1.29 is 9.84 Å². The van der Waals surface area contributed by atoms with Gasteiger partial charge < -0.3 is 15.6 Å². The summed E-state index contributed by atoms with van der Waals surface area (Å²) in [6.45, 7) is 0. The topological polar surface area (TPSA) is 99.1 Å². The van der Waals surface area contributed by atoms with Crippen LogP contribution in [0.25, 0.3) is 11.3 Å². The van der Waals surface area contributed by atoms with Crippen LogP contribution in [-0.4, -0.2) is 24.9 Å². The summed E-state index contributed by atoms with van der Waals surface area (Å²) >= 11 is 0. The molecule has 0 spiro atoms. The zero-order valence-electron chi connectivity index (χ0n) is 11.3. The molecule has 3 heterocycles. The van der Waals surface area contributed by atoms with Gasteiger partial charge in [-0.2, -0.15) is 0 Å². The molecule has 0 radical (unpaired) electrons. The minimum atomic E-state index is -0.0729. The number of hydrogen-bond donors (Lipinski definition) is 2. The number of aromatic hydroxyl groups is 1. The van der Waals surface area contributed by atoms with Crippen LogP contribution in [-0.2, 0) is 7.05 Å². The first-order valence-electron chi connectivity index (χ1n) is 6.20. The lowest BCUT2D eigenvalue weighted by molar-refractivity contribution is 0.445. The number of nitrogen functional groups attached to an aromatic ring is 1. The van der Waals surface area contributed by atoms with Crippen molar-refractivity contribution in [2.45, 2.75) is 0 Å². The Morgan fingerprint density at radius 3 is 2.71 bits per heavy atom. The van der Waals surface area contributed by atoms with Crippen molar-refractivity contribution in [3.63, 3.8) is 0 Å². The molecule has 0 amide bonds. The highest BCUT2D eigenvalue weighted by Crippen LogP contribution is 2.29. The molecule has 3 N–H and O–H groups in total. The molecule has 21 heavy (non-hydrogen) atoms. The highest BCUT2D eigenvalue weighted by atomic mass is 16.5. The molecule has 0 unspecified atom stereocenters. The van der Waals surface area contributed by atoms with Crippen LogP contribution in [0.5, 0.6) is 17.4 Å².